The molecule has 0 aromatic rings. The van der Waals surface area contributed by atoms with E-state index < -0.39 is 9.84 Å². The van der Waals surface area contributed by atoms with Crippen molar-refractivity contribution in [3.05, 3.63) is 0 Å². The van der Waals surface area contributed by atoms with Crippen LogP contribution in [0.3, 0.4) is 0 Å². The van der Waals surface area contributed by atoms with Crippen molar-refractivity contribution in [1.82, 2.24) is 0 Å². The second-order valence-electron chi connectivity index (χ2n) is 4.76. The maximum Gasteiger partial charge on any atom is 0.153 e. The van der Waals surface area contributed by atoms with E-state index >= 15 is 0 Å². The fourth-order valence-electron chi connectivity index (χ4n) is 2.32. The number of unbranched alkanes of at least 4 members (excludes halogenated alkanes) is 1. The third-order valence-electron chi connectivity index (χ3n) is 3.28. The molecule has 0 aromatic heterocycles. The van der Waals surface area contributed by atoms with E-state index in [4.69, 9.17) is 5.73 Å². The van der Waals surface area contributed by atoms with Gasteiger partial charge >= 0.3 is 0 Å². The largest absolute Gasteiger partial charge is 0.330 e. The predicted molar refractivity (Wildman–Crippen MR) is 63.5 cm³/mol. The predicted octanol–water partition coefficient (Wildman–Crippen LogP) is 1.72. The smallest absolute Gasteiger partial charge is 0.153 e. The first kappa shape index (κ1) is 13.0. The summed E-state index contributed by atoms with van der Waals surface area (Å²) in [5.74, 6) is 0.912. The lowest BCUT2D eigenvalue weighted by atomic mass is 9.91. The molecule has 1 aliphatic carbocycles. The summed E-state index contributed by atoms with van der Waals surface area (Å²) in [5.41, 5.74) is 5.36. The molecule has 0 heterocycles. The summed E-state index contributed by atoms with van der Waals surface area (Å²) in [4.78, 5) is 0. The van der Waals surface area contributed by atoms with Crippen LogP contribution in [-0.4, -0.2) is 26.0 Å². The summed E-state index contributed by atoms with van der Waals surface area (Å²) in [7, 11) is -2.84. The van der Waals surface area contributed by atoms with Gasteiger partial charge in [0.15, 0.2) is 9.84 Å². The normalized spacial score (nSPS) is 27.9. The molecule has 0 saturated heterocycles. The van der Waals surface area contributed by atoms with Crippen LogP contribution < -0.4 is 5.73 Å². The Kier molecular flexibility index (Phi) is 5.06. The van der Waals surface area contributed by atoms with Crippen LogP contribution >= 0.6 is 0 Å². The van der Waals surface area contributed by atoms with Crippen LogP contribution in [0, 0.1) is 5.92 Å². The zero-order valence-corrected chi connectivity index (χ0v) is 10.4. The molecule has 2 N–H and O–H groups in total. The van der Waals surface area contributed by atoms with Gasteiger partial charge in [0.05, 0.1) is 11.0 Å². The number of sulfone groups is 1. The van der Waals surface area contributed by atoms with E-state index in [9.17, 15) is 8.42 Å². The van der Waals surface area contributed by atoms with Gasteiger partial charge in [-0.1, -0.05) is 19.8 Å². The van der Waals surface area contributed by atoms with E-state index in [1.54, 1.807) is 0 Å². The highest BCUT2D eigenvalue weighted by molar-refractivity contribution is 7.92. The molecule has 0 aliphatic heterocycles. The quantitative estimate of drug-likeness (QED) is 0.735. The molecule has 0 aromatic carbocycles. The van der Waals surface area contributed by atoms with Crippen LogP contribution in [0.1, 0.15) is 45.4 Å². The molecule has 0 radical (unpaired) electrons. The highest BCUT2D eigenvalue weighted by atomic mass is 32.2. The van der Waals surface area contributed by atoms with Crippen molar-refractivity contribution in [2.45, 2.75) is 50.7 Å². The van der Waals surface area contributed by atoms with E-state index in [1.807, 2.05) is 0 Å². The molecule has 90 valence electrons. The SMILES string of the molecule is CC1CCCC(S(=O)(=O)CCCCN)C1. The van der Waals surface area contributed by atoms with Gasteiger partial charge in [-0.25, -0.2) is 8.42 Å². The van der Waals surface area contributed by atoms with Gasteiger partial charge in [-0.15, -0.1) is 0 Å². The van der Waals surface area contributed by atoms with Crippen molar-refractivity contribution >= 4 is 9.84 Å². The Morgan fingerprint density at radius 2 is 2.00 bits per heavy atom. The summed E-state index contributed by atoms with van der Waals surface area (Å²) >= 11 is 0. The number of hydrogen-bond donors (Lipinski definition) is 1. The molecule has 2 unspecified atom stereocenters. The van der Waals surface area contributed by atoms with Crippen molar-refractivity contribution in [1.29, 1.82) is 0 Å². The van der Waals surface area contributed by atoms with E-state index in [-0.39, 0.29) is 5.25 Å². The second kappa shape index (κ2) is 5.85. The molecule has 1 fully saturated rings. The number of hydrogen-bond acceptors (Lipinski definition) is 3. The fraction of sp³-hybridized carbons (Fsp3) is 1.00. The van der Waals surface area contributed by atoms with Crippen LogP contribution in [0.4, 0.5) is 0 Å². The lowest BCUT2D eigenvalue weighted by molar-refractivity contribution is 0.381. The van der Waals surface area contributed by atoms with Crippen molar-refractivity contribution in [3.63, 3.8) is 0 Å². The van der Waals surface area contributed by atoms with Crippen LogP contribution in [0.25, 0.3) is 0 Å². The van der Waals surface area contributed by atoms with Gasteiger partial charge in [-0.2, -0.15) is 0 Å². The standard InChI is InChI=1S/C11H23NO2S/c1-10-5-4-6-11(9-10)15(13,14)8-3-2-7-12/h10-11H,2-9,12H2,1H3. The first-order valence-corrected chi connectivity index (χ1v) is 7.69. The van der Waals surface area contributed by atoms with Gasteiger partial charge < -0.3 is 5.73 Å². The lowest BCUT2D eigenvalue weighted by Gasteiger charge is -2.26. The molecule has 1 rings (SSSR count). The van der Waals surface area contributed by atoms with Crippen LogP contribution in [0.15, 0.2) is 0 Å². The van der Waals surface area contributed by atoms with Gasteiger partial charge in [0.25, 0.3) is 0 Å². The van der Waals surface area contributed by atoms with Crippen LogP contribution in [0.5, 0.6) is 0 Å². The maximum absolute atomic E-state index is 12.0. The Balaban J connectivity index is 2.45. The molecule has 0 amide bonds. The first-order chi connectivity index (χ1) is 7.06. The summed E-state index contributed by atoms with van der Waals surface area (Å²) in [6.45, 7) is 2.75. The third-order valence-corrected chi connectivity index (χ3v) is 5.58. The monoisotopic (exact) mass is 233 g/mol. The third kappa shape index (κ3) is 4.11. The first-order valence-electron chi connectivity index (χ1n) is 5.98. The molecular weight excluding hydrogens is 210 g/mol. The fourth-order valence-corrected chi connectivity index (χ4v) is 4.41. The summed E-state index contributed by atoms with van der Waals surface area (Å²) in [6, 6.07) is 0. The highest BCUT2D eigenvalue weighted by Gasteiger charge is 2.29. The Hall–Kier alpha value is -0.0900. The maximum atomic E-state index is 12.0. The summed E-state index contributed by atoms with van der Waals surface area (Å²) in [6.07, 6.45) is 5.54. The van der Waals surface area contributed by atoms with Crippen molar-refractivity contribution in [3.8, 4) is 0 Å². The van der Waals surface area contributed by atoms with E-state index in [0.717, 1.165) is 32.1 Å². The molecule has 1 aliphatic rings. The topological polar surface area (TPSA) is 60.2 Å². The number of nitrogens with two attached hydrogens (primary N) is 1. The Labute approximate surface area is 93.3 Å². The van der Waals surface area contributed by atoms with Crippen molar-refractivity contribution < 1.29 is 8.42 Å². The molecule has 15 heavy (non-hydrogen) atoms. The van der Waals surface area contributed by atoms with E-state index in [1.165, 1.54) is 6.42 Å². The molecule has 2 atom stereocenters. The molecule has 3 nitrogen and oxygen atoms in total. The Morgan fingerprint density at radius 3 is 2.60 bits per heavy atom. The molecule has 0 bridgehead atoms. The van der Waals surface area contributed by atoms with E-state index in [2.05, 4.69) is 6.92 Å². The van der Waals surface area contributed by atoms with Crippen molar-refractivity contribution in [2.24, 2.45) is 11.7 Å². The minimum absolute atomic E-state index is 0.0703. The van der Waals surface area contributed by atoms with Gasteiger partial charge in [0.1, 0.15) is 0 Å². The molecular formula is C11H23NO2S. The minimum Gasteiger partial charge on any atom is -0.330 e. The molecule has 0 spiro atoms. The van der Waals surface area contributed by atoms with Gasteiger partial charge in [0.2, 0.25) is 0 Å². The highest BCUT2D eigenvalue weighted by Crippen LogP contribution is 2.28. The Morgan fingerprint density at radius 1 is 1.27 bits per heavy atom. The minimum atomic E-state index is -2.84. The molecule has 1 saturated carbocycles. The average molecular weight is 233 g/mol. The van der Waals surface area contributed by atoms with Crippen LogP contribution in [-0.2, 0) is 9.84 Å². The van der Waals surface area contributed by atoms with Gasteiger partial charge in [0, 0.05) is 0 Å². The zero-order chi connectivity index (χ0) is 11.3. The summed E-state index contributed by atoms with van der Waals surface area (Å²) in [5, 5.41) is -0.0703. The zero-order valence-electron chi connectivity index (χ0n) is 9.61. The lowest BCUT2D eigenvalue weighted by Crippen LogP contribution is -2.29. The van der Waals surface area contributed by atoms with Crippen molar-refractivity contribution in [2.75, 3.05) is 12.3 Å². The number of rotatable bonds is 5. The van der Waals surface area contributed by atoms with Crippen LogP contribution in [0.2, 0.25) is 0 Å². The van der Waals surface area contributed by atoms with Gasteiger partial charge in [-0.05, 0) is 38.1 Å². The van der Waals surface area contributed by atoms with E-state index in [0.29, 0.717) is 18.2 Å². The molecule has 4 heteroatoms. The summed E-state index contributed by atoms with van der Waals surface area (Å²) < 4.78 is 23.9. The average Bonchev–Trinajstić information content (AvgIpc) is 2.18. The second-order valence-corrected chi connectivity index (χ2v) is 7.16. The Bertz CT molecular complexity index is 274. The van der Waals surface area contributed by atoms with Gasteiger partial charge in [-0.3, -0.25) is 0 Å².